The van der Waals surface area contributed by atoms with Crippen molar-refractivity contribution >= 4 is 45.6 Å². The zero-order chi connectivity index (χ0) is 22.9. The molecule has 3 rings (SSSR count). The van der Waals surface area contributed by atoms with Gasteiger partial charge < -0.3 is 15.4 Å². The number of amides is 2. The molecule has 0 bridgehead atoms. The fraction of sp³-hybridized carbons (Fsp3) is 0.174. The van der Waals surface area contributed by atoms with E-state index in [4.69, 9.17) is 4.74 Å². The van der Waals surface area contributed by atoms with Crippen LogP contribution in [0.4, 0.5) is 17.1 Å². The Balaban J connectivity index is 1.38. The van der Waals surface area contributed by atoms with E-state index in [0.717, 1.165) is 10.8 Å². The maximum Gasteiger partial charge on any atom is 0.306 e. The van der Waals surface area contributed by atoms with Gasteiger partial charge in [-0.05, 0) is 23.9 Å². The molecule has 0 saturated heterocycles. The molecule has 0 spiro atoms. The number of nitrogens with zero attached hydrogens (tertiary/aromatic N) is 1. The summed E-state index contributed by atoms with van der Waals surface area (Å²) in [6.45, 7) is -0.524. The maximum atomic E-state index is 12.2. The van der Waals surface area contributed by atoms with Crippen molar-refractivity contribution in [2.24, 2.45) is 0 Å². The van der Waals surface area contributed by atoms with Crippen molar-refractivity contribution in [2.45, 2.75) is 19.3 Å². The van der Waals surface area contributed by atoms with Crippen LogP contribution in [0.1, 0.15) is 19.3 Å². The number of non-ortho nitro benzene ring substituents is 1. The molecular formula is C23H21N3O6. The lowest BCUT2D eigenvalue weighted by Crippen LogP contribution is -2.21. The number of anilines is 2. The normalized spacial score (nSPS) is 10.4. The molecule has 164 valence electrons. The van der Waals surface area contributed by atoms with E-state index in [1.54, 1.807) is 0 Å². The minimum absolute atomic E-state index is 0.0208. The smallest absolute Gasteiger partial charge is 0.306 e. The third-order valence-electron chi connectivity index (χ3n) is 4.55. The molecule has 0 saturated carbocycles. The molecule has 3 aromatic rings. The van der Waals surface area contributed by atoms with Crippen LogP contribution in [0.15, 0.2) is 66.7 Å². The molecule has 32 heavy (non-hydrogen) atoms. The van der Waals surface area contributed by atoms with Crippen molar-refractivity contribution in [1.29, 1.82) is 0 Å². The second kappa shape index (κ2) is 10.7. The van der Waals surface area contributed by atoms with Gasteiger partial charge >= 0.3 is 5.97 Å². The minimum atomic E-state index is -0.618. The zero-order valence-corrected chi connectivity index (χ0v) is 17.1. The Hall–Kier alpha value is -4.27. The van der Waals surface area contributed by atoms with Gasteiger partial charge in [0.05, 0.1) is 4.92 Å². The number of carbonyl (C=O) groups excluding carboxylic acids is 3. The predicted octanol–water partition coefficient (Wildman–Crippen LogP) is 4.04. The Labute approximate surface area is 183 Å². The van der Waals surface area contributed by atoms with E-state index >= 15 is 0 Å². The minimum Gasteiger partial charge on any atom is -0.456 e. The lowest BCUT2D eigenvalue weighted by atomic mass is 10.1. The van der Waals surface area contributed by atoms with E-state index in [9.17, 15) is 24.5 Å². The maximum absolute atomic E-state index is 12.2. The molecule has 0 radical (unpaired) electrons. The molecule has 9 nitrogen and oxygen atoms in total. The quantitative estimate of drug-likeness (QED) is 0.297. The Bertz CT molecular complexity index is 1160. The van der Waals surface area contributed by atoms with Gasteiger partial charge in [0.15, 0.2) is 6.61 Å². The van der Waals surface area contributed by atoms with Crippen LogP contribution < -0.4 is 10.6 Å². The molecule has 2 amide bonds. The van der Waals surface area contributed by atoms with Crippen molar-refractivity contribution in [2.75, 3.05) is 17.2 Å². The van der Waals surface area contributed by atoms with Gasteiger partial charge in [-0.2, -0.15) is 0 Å². The Morgan fingerprint density at radius 3 is 2.44 bits per heavy atom. The highest BCUT2D eigenvalue weighted by Crippen LogP contribution is 2.23. The number of nitrogens with one attached hydrogen (secondary N) is 2. The number of hydrogen-bond donors (Lipinski definition) is 2. The van der Waals surface area contributed by atoms with E-state index in [0.29, 0.717) is 5.69 Å². The molecule has 0 unspecified atom stereocenters. The first-order valence-corrected chi connectivity index (χ1v) is 9.90. The van der Waals surface area contributed by atoms with Crippen LogP contribution >= 0.6 is 0 Å². The van der Waals surface area contributed by atoms with E-state index in [1.807, 2.05) is 42.5 Å². The third kappa shape index (κ3) is 6.36. The molecule has 0 aromatic heterocycles. The van der Waals surface area contributed by atoms with Gasteiger partial charge in [0.1, 0.15) is 0 Å². The van der Waals surface area contributed by atoms with E-state index in [-0.39, 0.29) is 36.5 Å². The molecular weight excluding hydrogens is 414 g/mol. The number of carbonyl (C=O) groups is 3. The molecule has 9 heteroatoms. The van der Waals surface area contributed by atoms with Gasteiger partial charge in [0.2, 0.25) is 5.91 Å². The fourth-order valence-electron chi connectivity index (χ4n) is 3.05. The predicted molar refractivity (Wildman–Crippen MR) is 119 cm³/mol. The molecule has 0 aliphatic rings. The number of benzene rings is 3. The van der Waals surface area contributed by atoms with Crippen molar-refractivity contribution in [3.63, 3.8) is 0 Å². The van der Waals surface area contributed by atoms with Crippen molar-refractivity contribution in [3.8, 4) is 0 Å². The number of nitro benzene ring substituents is 1. The topological polar surface area (TPSA) is 128 Å². The lowest BCUT2D eigenvalue weighted by Gasteiger charge is -2.09. The average molecular weight is 435 g/mol. The van der Waals surface area contributed by atoms with Gasteiger partial charge in [-0.15, -0.1) is 0 Å². The summed E-state index contributed by atoms with van der Waals surface area (Å²) in [5.41, 5.74) is 0.764. The Morgan fingerprint density at radius 2 is 1.62 bits per heavy atom. The molecule has 0 aliphatic carbocycles. The van der Waals surface area contributed by atoms with E-state index in [1.165, 1.54) is 24.3 Å². The molecule has 0 fully saturated rings. The first-order chi connectivity index (χ1) is 15.4. The number of fused-ring (bicyclic) bond motifs is 1. The van der Waals surface area contributed by atoms with Gasteiger partial charge in [-0.1, -0.05) is 42.5 Å². The highest BCUT2D eigenvalue weighted by molar-refractivity contribution is 6.02. The summed E-state index contributed by atoms with van der Waals surface area (Å²) in [5.74, 6) is -1.46. The number of nitro groups is 1. The van der Waals surface area contributed by atoms with E-state index in [2.05, 4.69) is 10.6 Å². The second-order valence-corrected chi connectivity index (χ2v) is 6.94. The van der Waals surface area contributed by atoms with Crippen LogP contribution in [0.5, 0.6) is 0 Å². The standard InChI is InChI=1S/C23H21N3O6/c27-21(25-20-11-3-7-16-6-1-2-10-19(16)20)12-5-13-23(29)32-15-22(28)24-17-8-4-9-18(14-17)26(30)31/h1-4,6-11,14H,5,12-13,15H2,(H,24,28)(H,25,27). The monoisotopic (exact) mass is 435 g/mol. The van der Waals surface area contributed by atoms with Crippen molar-refractivity contribution in [3.05, 3.63) is 76.8 Å². The Kier molecular flexibility index (Phi) is 7.47. The number of ether oxygens (including phenoxy) is 1. The van der Waals surface area contributed by atoms with Gasteiger partial charge in [-0.3, -0.25) is 24.5 Å². The number of rotatable bonds is 9. The largest absolute Gasteiger partial charge is 0.456 e. The summed E-state index contributed by atoms with van der Waals surface area (Å²) in [4.78, 5) is 46.1. The highest BCUT2D eigenvalue weighted by atomic mass is 16.6. The summed E-state index contributed by atoms with van der Waals surface area (Å²) >= 11 is 0. The summed E-state index contributed by atoms with van der Waals surface area (Å²) in [6, 6.07) is 18.7. The van der Waals surface area contributed by atoms with Crippen LogP contribution in [-0.2, 0) is 19.1 Å². The molecule has 0 heterocycles. The summed E-state index contributed by atoms with van der Waals surface area (Å²) < 4.78 is 4.89. The second-order valence-electron chi connectivity index (χ2n) is 6.94. The van der Waals surface area contributed by atoms with Gasteiger partial charge in [0, 0.05) is 41.7 Å². The summed E-state index contributed by atoms with van der Waals surface area (Å²) in [7, 11) is 0. The van der Waals surface area contributed by atoms with Crippen LogP contribution in [0, 0.1) is 10.1 Å². The summed E-state index contributed by atoms with van der Waals surface area (Å²) in [6.07, 6.45) is 0.368. The molecule has 0 atom stereocenters. The SMILES string of the molecule is O=C(COC(=O)CCCC(=O)Nc1cccc2ccccc12)Nc1cccc([N+](=O)[O-])c1. The Morgan fingerprint density at radius 1 is 0.875 bits per heavy atom. The van der Waals surface area contributed by atoms with Crippen LogP contribution in [-0.4, -0.2) is 29.3 Å². The lowest BCUT2D eigenvalue weighted by molar-refractivity contribution is -0.384. The number of esters is 1. The van der Waals surface area contributed by atoms with Gasteiger partial charge in [0.25, 0.3) is 11.6 Å². The average Bonchev–Trinajstić information content (AvgIpc) is 2.78. The van der Waals surface area contributed by atoms with Crippen molar-refractivity contribution in [1.82, 2.24) is 0 Å². The van der Waals surface area contributed by atoms with Crippen LogP contribution in [0.25, 0.3) is 10.8 Å². The fourth-order valence-corrected chi connectivity index (χ4v) is 3.05. The molecule has 2 N–H and O–H groups in total. The zero-order valence-electron chi connectivity index (χ0n) is 17.1. The number of hydrogen-bond acceptors (Lipinski definition) is 6. The first-order valence-electron chi connectivity index (χ1n) is 9.90. The first kappa shape index (κ1) is 22.4. The van der Waals surface area contributed by atoms with Crippen LogP contribution in [0.2, 0.25) is 0 Å². The van der Waals surface area contributed by atoms with Gasteiger partial charge in [-0.25, -0.2) is 0 Å². The third-order valence-corrected chi connectivity index (χ3v) is 4.55. The summed E-state index contributed by atoms with van der Waals surface area (Å²) in [5, 5.41) is 18.0. The van der Waals surface area contributed by atoms with E-state index < -0.39 is 23.4 Å². The molecule has 3 aromatic carbocycles. The highest BCUT2D eigenvalue weighted by Gasteiger charge is 2.12. The van der Waals surface area contributed by atoms with Crippen LogP contribution in [0.3, 0.4) is 0 Å². The van der Waals surface area contributed by atoms with Crippen molar-refractivity contribution < 1.29 is 24.0 Å². The molecule has 0 aliphatic heterocycles.